The highest BCUT2D eigenvalue weighted by atomic mass is 16.6. The second-order valence-electron chi connectivity index (χ2n) is 7.45. The number of carboxylic acids is 1. The maximum atomic E-state index is 12.3. The van der Waals surface area contributed by atoms with E-state index in [4.69, 9.17) is 9.84 Å². The monoisotopic (exact) mass is 400 g/mol. The molecular formula is C17H28N4O7. The number of hydrogen-bond donors (Lipinski definition) is 4. The van der Waals surface area contributed by atoms with Crippen LogP contribution in [0.4, 0.5) is 4.79 Å². The van der Waals surface area contributed by atoms with Crippen molar-refractivity contribution in [3.8, 4) is 0 Å². The van der Waals surface area contributed by atoms with E-state index in [0.29, 0.717) is 19.4 Å². The lowest BCUT2D eigenvalue weighted by Crippen LogP contribution is -2.52. The van der Waals surface area contributed by atoms with Crippen molar-refractivity contribution in [2.24, 2.45) is 0 Å². The SMILES string of the molecule is CC(NC(=O)CNC(=O)CNC(=O)OC(C)(C)C)C(=O)N1CCCC1C(=O)O. The van der Waals surface area contributed by atoms with E-state index in [0.717, 1.165) is 0 Å². The van der Waals surface area contributed by atoms with E-state index in [1.165, 1.54) is 11.8 Å². The van der Waals surface area contributed by atoms with Gasteiger partial charge in [-0.05, 0) is 40.5 Å². The average Bonchev–Trinajstić information content (AvgIpc) is 3.05. The van der Waals surface area contributed by atoms with Crippen molar-refractivity contribution in [2.75, 3.05) is 19.6 Å². The molecule has 0 radical (unpaired) electrons. The van der Waals surface area contributed by atoms with Crippen LogP contribution < -0.4 is 16.0 Å². The van der Waals surface area contributed by atoms with E-state index in [9.17, 15) is 24.0 Å². The molecule has 0 aromatic rings. The minimum absolute atomic E-state index is 0.323. The Bertz CT molecular complexity index is 629. The first-order chi connectivity index (χ1) is 12.9. The van der Waals surface area contributed by atoms with Crippen LogP contribution in [0, 0.1) is 0 Å². The number of nitrogens with zero attached hydrogens (tertiary/aromatic N) is 1. The summed E-state index contributed by atoms with van der Waals surface area (Å²) >= 11 is 0. The van der Waals surface area contributed by atoms with E-state index in [-0.39, 0.29) is 6.54 Å². The van der Waals surface area contributed by atoms with Crippen molar-refractivity contribution in [3.05, 3.63) is 0 Å². The Morgan fingerprint density at radius 1 is 1.11 bits per heavy atom. The summed E-state index contributed by atoms with van der Waals surface area (Å²) in [5.41, 5.74) is -0.696. The van der Waals surface area contributed by atoms with Gasteiger partial charge in [0.2, 0.25) is 17.7 Å². The quantitative estimate of drug-likeness (QED) is 0.436. The summed E-state index contributed by atoms with van der Waals surface area (Å²) < 4.78 is 4.97. The number of aliphatic carboxylic acids is 1. The van der Waals surface area contributed by atoms with Crippen LogP contribution in [-0.2, 0) is 23.9 Å². The summed E-state index contributed by atoms with van der Waals surface area (Å²) in [6, 6.07) is -1.81. The number of rotatable bonds is 7. The van der Waals surface area contributed by atoms with Crippen LogP contribution in [0.3, 0.4) is 0 Å². The Hall–Kier alpha value is -2.85. The number of ether oxygens (including phenoxy) is 1. The van der Waals surface area contributed by atoms with Crippen LogP contribution in [0.1, 0.15) is 40.5 Å². The molecule has 28 heavy (non-hydrogen) atoms. The molecule has 1 fully saturated rings. The lowest BCUT2D eigenvalue weighted by atomic mass is 10.2. The Morgan fingerprint density at radius 2 is 1.71 bits per heavy atom. The number of nitrogens with one attached hydrogen (secondary N) is 3. The number of likely N-dealkylation sites (tertiary alicyclic amines) is 1. The summed E-state index contributed by atoms with van der Waals surface area (Å²) in [4.78, 5) is 59.7. The average molecular weight is 400 g/mol. The van der Waals surface area contributed by atoms with Gasteiger partial charge in [-0.2, -0.15) is 0 Å². The summed E-state index contributed by atoms with van der Waals surface area (Å²) in [5.74, 6) is -2.78. The normalized spacial score (nSPS) is 17.4. The molecule has 2 unspecified atom stereocenters. The summed E-state index contributed by atoms with van der Waals surface area (Å²) in [6.45, 7) is 6.05. The third kappa shape index (κ3) is 7.80. The van der Waals surface area contributed by atoms with Crippen LogP contribution >= 0.6 is 0 Å². The van der Waals surface area contributed by atoms with Crippen molar-refractivity contribution in [1.29, 1.82) is 0 Å². The van der Waals surface area contributed by atoms with E-state index in [1.807, 2.05) is 0 Å². The number of carbonyl (C=O) groups excluding carboxylic acids is 4. The maximum Gasteiger partial charge on any atom is 0.408 e. The largest absolute Gasteiger partial charge is 0.480 e. The zero-order valence-electron chi connectivity index (χ0n) is 16.5. The van der Waals surface area contributed by atoms with Gasteiger partial charge in [0.1, 0.15) is 24.2 Å². The predicted molar refractivity (Wildman–Crippen MR) is 97.2 cm³/mol. The first-order valence-corrected chi connectivity index (χ1v) is 8.97. The van der Waals surface area contributed by atoms with Crippen LogP contribution in [0.15, 0.2) is 0 Å². The number of carbonyl (C=O) groups is 5. The lowest BCUT2D eigenvalue weighted by Gasteiger charge is -2.25. The van der Waals surface area contributed by atoms with Crippen LogP contribution in [0.25, 0.3) is 0 Å². The highest BCUT2D eigenvalue weighted by molar-refractivity contribution is 5.92. The third-order valence-corrected chi connectivity index (χ3v) is 3.81. The molecule has 1 heterocycles. The molecule has 1 rings (SSSR count). The zero-order chi connectivity index (χ0) is 21.5. The van der Waals surface area contributed by atoms with Crippen molar-refractivity contribution >= 4 is 29.8 Å². The van der Waals surface area contributed by atoms with Crippen molar-refractivity contribution < 1.29 is 33.8 Å². The van der Waals surface area contributed by atoms with Crippen LogP contribution in [0.2, 0.25) is 0 Å². The molecule has 4 amide bonds. The first-order valence-electron chi connectivity index (χ1n) is 8.97. The molecule has 1 aliphatic rings. The lowest BCUT2D eigenvalue weighted by molar-refractivity contribution is -0.149. The molecule has 0 aromatic heterocycles. The molecule has 0 spiro atoms. The summed E-state index contributed by atoms with van der Waals surface area (Å²) in [6.07, 6.45) is 0.205. The van der Waals surface area contributed by atoms with Gasteiger partial charge in [-0.25, -0.2) is 9.59 Å². The minimum atomic E-state index is -1.07. The Kier molecular flexibility index (Phi) is 8.20. The van der Waals surface area contributed by atoms with E-state index in [2.05, 4.69) is 16.0 Å². The fourth-order valence-corrected chi connectivity index (χ4v) is 2.60. The van der Waals surface area contributed by atoms with Gasteiger partial charge in [-0.3, -0.25) is 14.4 Å². The fraction of sp³-hybridized carbons (Fsp3) is 0.706. The van der Waals surface area contributed by atoms with Gasteiger partial charge in [-0.1, -0.05) is 0 Å². The number of amides is 4. The van der Waals surface area contributed by atoms with Gasteiger partial charge in [0.25, 0.3) is 0 Å². The van der Waals surface area contributed by atoms with Crippen LogP contribution in [-0.4, -0.2) is 77.1 Å². The molecule has 11 heteroatoms. The molecule has 2 atom stereocenters. The van der Waals surface area contributed by atoms with Gasteiger partial charge >= 0.3 is 12.1 Å². The molecule has 0 aromatic carbocycles. The van der Waals surface area contributed by atoms with Gasteiger partial charge in [-0.15, -0.1) is 0 Å². The van der Waals surface area contributed by atoms with E-state index < -0.39 is 54.0 Å². The highest BCUT2D eigenvalue weighted by Gasteiger charge is 2.36. The summed E-state index contributed by atoms with van der Waals surface area (Å²) in [5, 5.41) is 16.1. The summed E-state index contributed by atoms with van der Waals surface area (Å²) in [7, 11) is 0. The van der Waals surface area contributed by atoms with Gasteiger partial charge in [0.05, 0.1) is 6.54 Å². The van der Waals surface area contributed by atoms with E-state index in [1.54, 1.807) is 20.8 Å². The maximum absolute atomic E-state index is 12.3. The molecule has 0 aliphatic carbocycles. The third-order valence-electron chi connectivity index (χ3n) is 3.81. The topological polar surface area (TPSA) is 154 Å². The van der Waals surface area contributed by atoms with Gasteiger partial charge < -0.3 is 30.7 Å². The molecule has 4 N–H and O–H groups in total. The van der Waals surface area contributed by atoms with Gasteiger partial charge in [0, 0.05) is 6.54 Å². The van der Waals surface area contributed by atoms with Crippen molar-refractivity contribution in [3.63, 3.8) is 0 Å². The highest BCUT2D eigenvalue weighted by Crippen LogP contribution is 2.18. The van der Waals surface area contributed by atoms with Crippen molar-refractivity contribution in [1.82, 2.24) is 20.9 Å². The molecule has 11 nitrogen and oxygen atoms in total. The fourth-order valence-electron chi connectivity index (χ4n) is 2.60. The number of alkyl carbamates (subject to hydrolysis) is 1. The van der Waals surface area contributed by atoms with E-state index >= 15 is 0 Å². The Labute approximate surface area is 163 Å². The van der Waals surface area contributed by atoms with Crippen molar-refractivity contribution in [2.45, 2.75) is 58.2 Å². The molecule has 1 saturated heterocycles. The molecule has 0 bridgehead atoms. The van der Waals surface area contributed by atoms with Gasteiger partial charge in [0.15, 0.2) is 0 Å². The molecule has 1 aliphatic heterocycles. The van der Waals surface area contributed by atoms with Crippen LogP contribution in [0.5, 0.6) is 0 Å². The molecule has 0 saturated carbocycles. The number of carboxylic acid groups (broad SMARTS) is 1. The first kappa shape index (κ1) is 23.2. The second-order valence-corrected chi connectivity index (χ2v) is 7.45. The zero-order valence-corrected chi connectivity index (χ0v) is 16.5. The molecule has 158 valence electrons. The standard InChI is InChI=1S/C17H28N4O7/c1-10(14(24)21-7-5-6-11(21)15(25)26)20-13(23)9-18-12(22)8-19-16(27)28-17(2,3)4/h10-11H,5-9H2,1-4H3,(H,18,22)(H,19,27)(H,20,23)(H,25,26). The minimum Gasteiger partial charge on any atom is -0.480 e. The number of hydrogen-bond acceptors (Lipinski definition) is 6. The predicted octanol–water partition coefficient (Wildman–Crippen LogP) is -0.792. The Balaban J connectivity index is 2.35. The second kappa shape index (κ2) is 9.90. The molecular weight excluding hydrogens is 372 g/mol. The Morgan fingerprint density at radius 3 is 2.29 bits per heavy atom. The smallest absolute Gasteiger partial charge is 0.408 e.